The van der Waals surface area contributed by atoms with Crippen molar-refractivity contribution >= 4 is 40.5 Å². The third-order valence-corrected chi connectivity index (χ3v) is 3.06. The average Bonchev–Trinajstić information content (AvgIpc) is 2.52. The molecule has 0 bridgehead atoms. The highest BCUT2D eigenvalue weighted by Crippen LogP contribution is 2.15. The fraction of sp³-hybridized carbons (Fsp3) is 0.429. The predicted molar refractivity (Wildman–Crippen MR) is 54.4 cm³/mol. The number of halogens is 1. The minimum Gasteiger partial charge on any atom is -0.291 e. The fourth-order valence-corrected chi connectivity index (χ4v) is 2.35. The molecule has 0 fully saturated rings. The molecule has 0 unspecified atom stereocenters. The van der Waals surface area contributed by atoms with Gasteiger partial charge in [0.15, 0.2) is 5.78 Å². The Balaban J connectivity index is 2.70. The lowest BCUT2D eigenvalue weighted by atomic mass is 10.3. The zero-order valence-corrected chi connectivity index (χ0v) is 8.93. The van der Waals surface area contributed by atoms with Gasteiger partial charge in [0.05, 0.1) is 5.88 Å². The first kappa shape index (κ1) is 10.0. The van der Waals surface area contributed by atoms with Gasteiger partial charge in [-0.15, -0.1) is 22.9 Å². The molecule has 0 saturated heterocycles. The van der Waals surface area contributed by atoms with Gasteiger partial charge in [-0.3, -0.25) is 4.79 Å². The van der Waals surface area contributed by atoms with E-state index in [1.807, 2.05) is 6.26 Å². The van der Waals surface area contributed by atoms with Crippen molar-refractivity contribution in [3.8, 4) is 0 Å². The number of thioether (sulfide) groups is 1. The summed E-state index contributed by atoms with van der Waals surface area (Å²) in [5.41, 5.74) is 0.499. The SMILES string of the molecule is CSCc1nc(C(=O)CCl)cs1. The van der Waals surface area contributed by atoms with Crippen LogP contribution in [0.3, 0.4) is 0 Å². The maximum atomic E-state index is 11.0. The van der Waals surface area contributed by atoms with E-state index in [1.54, 1.807) is 17.1 Å². The summed E-state index contributed by atoms with van der Waals surface area (Å²) in [5.74, 6) is 0.781. The van der Waals surface area contributed by atoms with Crippen LogP contribution in [0.4, 0.5) is 0 Å². The van der Waals surface area contributed by atoms with Gasteiger partial charge >= 0.3 is 0 Å². The Morgan fingerprint density at radius 3 is 3.17 bits per heavy atom. The smallest absolute Gasteiger partial charge is 0.196 e. The Hall–Kier alpha value is -0.0600. The molecule has 66 valence electrons. The van der Waals surface area contributed by atoms with E-state index in [-0.39, 0.29) is 11.7 Å². The van der Waals surface area contributed by atoms with E-state index in [4.69, 9.17) is 11.6 Å². The van der Waals surface area contributed by atoms with E-state index in [1.165, 1.54) is 11.3 Å². The molecular weight excluding hydrogens is 214 g/mol. The van der Waals surface area contributed by atoms with Gasteiger partial charge in [0, 0.05) is 11.1 Å². The average molecular weight is 222 g/mol. The highest BCUT2D eigenvalue weighted by molar-refractivity contribution is 7.97. The molecule has 2 nitrogen and oxygen atoms in total. The Morgan fingerprint density at radius 1 is 1.83 bits per heavy atom. The van der Waals surface area contributed by atoms with Gasteiger partial charge in [0.2, 0.25) is 0 Å². The molecule has 1 rings (SSSR count). The second kappa shape index (κ2) is 4.84. The third-order valence-electron chi connectivity index (χ3n) is 1.23. The molecule has 0 amide bonds. The number of ketones is 1. The molecule has 0 saturated carbocycles. The van der Waals surface area contributed by atoms with Crippen molar-refractivity contribution in [3.63, 3.8) is 0 Å². The standard InChI is InChI=1S/C7H8ClNOS2/c1-11-4-7-9-5(3-12-7)6(10)2-8/h3H,2,4H2,1H3. The van der Waals surface area contributed by atoms with Crippen LogP contribution in [-0.2, 0) is 5.75 Å². The molecule has 0 aliphatic heterocycles. The van der Waals surface area contributed by atoms with E-state index >= 15 is 0 Å². The van der Waals surface area contributed by atoms with Gasteiger partial charge in [0.1, 0.15) is 10.7 Å². The summed E-state index contributed by atoms with van der Waals surface area (Å²) in [6, 6.07) is 0. The van der Waals surface area contributed by atoms with Crippen LogP contribution in [0.25, 0.3) is 0 Å². The summed E-state index contributed by atoms with van der Waals surface area (Å²) in [7, 11) is 0. The second-order valence-corrected chi connectivity index (χ2v) is 4.19. The highest BCUT2D eigenvalue weighted by atomic mass is 35.5. The first-order chi connectivity index (χ1) is 5.77. The number of Topliss-reactive ketones (excluding diaryl/α,β-unsaturated/α-hetero) is 1. The van der Waals surface area contributed by atoms with Gasteiger partial charge in [-0.25, -0.2) is 4.98 Å². The lowest BCUT2D eigenvalue weighted by molar-refractivity contribution is 0.101. The number of rotatable bonds is 4. The summed E-state index contributed by atoms with van der Waals surface area (Å²) in [6.07, 6.45) is 2.00. The van der Waals surface area contributed by atoms with Crippen LogP contribution in [0.2, 0.25) is 0 Å². The normalized spacial score (nSPS) is 10.2. The number of thiazole rings is 1. The minimum atomic E-state index is -0.0970. The molecule has 5 heteroatoms. The molecule has 0 N–H and O–H groups in total. The molecule has 0 spiro atoms. The van der Waals surface area contributed by atoms with Crippen molar-refractivity contribution in [3.05, 3.63) is 16.1 Å². The predicted octanol–water partition coefficient (Wildman–Crippen LogP) is 2.43. The van der Waals surface area contributed by atoms with Crippen LogP contribution in [0, 0.1) is 0 Å². The van der Waals surface area contributed by atoms with Gasteiger partial charge < -0.3 is 0 Å². The van der Waals surface area contributed by atoms with Gasteiger partial charge in [-0.1, -0.05) is 0 Å². The van der Waals surface area contributed by atoms with E-state index in [9.17, 15) is 4.79 Å². The first-order valence-corrected chi connectivity index (χ1v) is 6.11. The topological polar surface area (TPSA) is 30.0 Å². The third kappa shape index (κ3) is 2.47. The Kier molecular flexibility index (Phi) is 4.05. The van der Waals surface area contributed by atoms with E-state index in [2.05, 4.69) is 4.98 Å². The lowest BCUT2D eigenvalue weighted by Crippen LogP contribution is -2.00. The number of nitrogens with zero attached hydrogens (tertiary/aromatic N) is 1. The molecule has 1 aromatic heterocycles. The van der Waals surface area contributed by atoms with Crippen molar-refractivity contribution in [1.29, 1.82) is 0 Å². The number of hydrogen-bond acceptors (Lipinski definition) is 4. The molecule has 0 aromatic carbocycles. The Labute approximate surface area is 84.3 Å². The van der Waals surface area contributed by atoms with Crippen molar-refractivity contribution in [2.75, 3.05) is 12.1 Å². The van der Waals surface area contributed by atoms with Crippen LogP contribution in [-0.4, -0.2) is 22.9 Å². The van der Waals surface area contributed by atoms with E-state index < -0.39 is 0 Å². The molecule has 1 aromatic rings. The quantitative estimate of drug-likeness (QED) is 0.578. The highest BCUT2D eigenvalue weighted by Gasteiger charge is 2.08. The Morgan fingerprint density at radius 2 is 2.58 bits per heavy atom. The summed E-state index contributed by atoms with van der Waals surface area (Å²) < 4.78 is 0. The maximum absolute atomic E-state index is 11.0. The van der Waals surface area contributed by atoms with Gasteiger partial charge in [0.25, 0.3) is 0 Å². The molecule has 0 aliphatic carbocycles. The molecule has 0 radical (unpaired) electrons. The number of aromatic nitrogens is 1. The number of carbonyl (C=O) groups is 1. The zero-order valence-electron chi connectivity index (χ0n) is 6.54. The van der Waals surface area contributed by atoms with Crippen LogP contribution < -0.4 is 0 Å². The second-order valence-electron chi connectivity index (χ2n) is 2.12. The summed E-state index contributed by atoms with van der Waals surface area (Å²) in [6.45, 7) is 0. The van der Waals surface area contributed by atoms with Crippen molar-refractivity contribution in [2.45, 2.75) is 5.75 Å². The van der Waals surface area contributed by atoms with Crippen LogP contribution >= 0.6 is 34.7 Å². The maximum Gasteiger partial charge on any atom is 0.196 e. The minimum absolute atomic E-state index is 0.0163. The van der Waals surface area contributed by atoms with E-state index in [0.29, 0.717) is 5.69 Å². The summed E-state index contributed by atoms with van der Waals surface area (Å²) in [4.78, 5) is 15.2. The zero-order chi connectivity index (χ0) is 8.97. The largest absolute Gasteiger partial charge is 0.291 e. The van der Waals surface area contributed by atoms with Crippen molar-refractivity contribution in [2.24, 2.45) is 0 Å². The number of carbonyl (C=O) groups excluding carboxylic acids is 1. The monoisotopic (exact) mass is 221 g/mol. The van der Waals surface area contributed by atoms with Gasteiger partial charge in [-0.05, 0) is 6.26 Å². The molecule has 0 atom stereocenters. The van der Waals surface area contributed by atoms with Crippen molar-refractivity contribution < 1.29 is 4.79 Å². The molecular formula is C7H8ClNOS2. The Bertz CT molecular complexity index is 274. The van der Waals surface area contributed by atoms with Crippen LogP contribution in [0.1, 0.15) is 15.5 Å². The summed E-state index contributed by atoms with van der Waals surface area (Å²) >= 11 is 8.58. The fourth-order valence-electron chi connectivity index (χ4n) is 0.697. The van der Waals surface area contributed by atoms with Crippen molar-refractivity contribution in [1.82, 2.24) is 4.98 Å². The molecule has 12 heavy (non-hydrogen) atoms. The number of hydrogen-bond donors (Lipinski definition) is 0. The number of alkyl halides is 1. The van der Waals surface area contributed by atoms with Crippen LogP contribution in [0.5, 0.6) is 0 Å². The summed E-state index contributed by atoms with van der Waals surface area (Å²) in [5, 5.41) is 2.74. The lowest BCUT2D eigenvalue weighted by Gasteiger charge is -1.88. The first-order valence-electron chi connectivity index (χ1n) is 3.30. The van der Waals surface area contributed by atoms with Gasteiger partial charge in [-0.2, -0.15) is 11.8 Å². The van der Waals surface area contributed by atoms with E-state index in [0.717, 1.165) is 10.8 Å². The van der Waals surface area contributed by atoms with Crippen LogP contribution in [0.15, 0.2) is 5.38 Å². The molecule has 1 heterocycles. The molecule has 0 aliphatic rings.